The Morgan fingerprint density at radius 3 is 2.76 bits per heavy atom. The summed E-state index contributed by atoms with van der Waals surface area (Å²) in [6, 6.07) is 3.51. The molecule has 0 saturated heterocycles. The number of aliphatic imine (C=N–C) groups is 1. The third-order valence-corrected chi connectivity index (χ3v) is 4.35. The Balaban J connectivity index is 1.87. The number of amidine groups is 1. The van der Waals surface area contributed by atoms with E-state index in [0.717, 1.165) is 12.3 Å². The second kappa shape index (κ2) is 7.91. The average molecular weight is 409 g/mol. The average Bonchev–Trinajstić information content (AvgIpc) is 2.64. The lowest BCUT2D eigenvalue weighted by molar-refractivity contribution is 0.0524. The Labute approximate surface area is 162 Å². The molecule has 1 aromatic heterocycles. The highest BCUT2D eigenvalue weighted by Crippen LogP contribution is 2.29. The van der Waals surface area contributed by atoms with Crippen molar-refractivity contribution in [3.05, 3.63) is 51.8 Å². The van der Waals surface area contributed by atoms with Gasteiger partial charge in [-0.05, 0) is 23.8 Å². The lowest BCUT2D eigenvalue weighted by Crippen LogP contribution is -2.54. The monoisotopic (exact) mass is 409 g/mol. The second-order valence-electron chi connectivity index (χ2n) is 6.56. The molecule has 0 aliphatic carbocycles. The summed E-state index contributed by atoms with van der Waals surface area (Å²) >= 11 is 0. The van der Waals surface area contributed by atoms with Crippen LogP contribution in [-0.4, -0.2) is 46.8 Å². The number of nitrogens with two attached hydrogens (primary N) is 2. The van der Waals surface area contributed by atoms with Crippen LogP contribution in [0.1, 0.15) is 16.1 Å². The Kier molecular flexibility index (Phi) is 5.55. The number of nitrogen functional groups attached to an aromatic ring is 1. The first kappa shape index (κ1) is 20.3. The van der Waals surface area contributed by atoms with Crippen molar-refractivity contribution in [1.82, 2.24) is 15.3 Å². The molecule has 0 spiro atoms. The van der Waals surface area contributed by atoms with E-state index in [1.54, 1.807) is 0 Å². The number of alkyl halides is 2. The number of carbonyl (C=O) groups is 1. The summed E-state index contributed by atoms with van der Waals surface area (Å²) in [5, 5.41) is 5.19. The van der Waals surface area contributed by atoms with Gasteiger partial charge in [0.2, 0.25) is 0 Å². The summed E-state index contributed by atoms with van der Waals surface area (Å²) in [5.74, 6) is -1.74. The SMILES string of the molecule is NC1=NC(Cc2cc(NC(=O)c3ncc(=O)[nH]c3N)ccc2F)(C(F)F)CNC1. The fraction of sp³-hybridized carbons (Fsp3) is 0.294. The first-order valence-electron chi connectivity index (χ1n) is 8.48. The fourth-order valence-electron chi connectivity index (χ4n) is 2.98. The summed E-state index contributed by atoms with van der Waals surface area (Å²) in [6.45, 7) is -0.0140. The van der Waals surface area contributed by atoms with Crippen LogP contribution in [0.4, 0.5) is 24.7 Å². The molecule has 1 amide bonds. The Hall–Kier alpha value is -3.41. The van der Waals surface area contributed by atoms with Gasteiger partial charge in [-0.3, -0.25) is 14.6 Å². The number of rotatable bonds is 5. The summed E-state index contributed by atoms with van der Waals surface area (Å²) in [7, 11) is 0. The highest BCUT2D eigenvalue weighted by Gasteiger charge is 2.42. The Morgan fingerprint density at radius 1 is 1.34 bits per heavy atom. The van der Waals surface area contributed by atoms with Crippen molar-refractivity contribution in [2.24, 2.45) is 10.7 Å². The zero-order valence-electron chi connectivity index (χ0n) is 15.0. The second-order valence-corrected chi connectivity index (χ2v) is 6.56. The number of carbonyl (C=O) groups excluding carboxylic acids is 1. The predicted molar refractivity (Wildman–Crippen MR) is 101 cm³/mol. The van der Waals surface area contributed by atoms with Crippen molar-refractivity contribution >= 4 is 23.2 Å². The van der Waals surface area contributed by atoms with Crippen molar-refractivity contribution < 1.29 is 18.0 Å². The number of aromatic amines is 1. The van der Waals surface area contributed by atoms with E-state index < -0.39 is 35.7 Å². The number of amides is 1. The van der Waals surface area contributed by atoms with Gasteiger partial charge in [-0.15, -0.1) is 0 Å². The Morgan fingerprint density at radius 2 is 2.10 bits per heavy atom. The fourth-order valence-corrected chi connectivity index (χ4v) is 2.98. The number of nitrogens with zero attached hydrogens (tertiary/aromatic N) is 2. The van der Waals surface area contributed by atoms with Crippen LogP contribution in [0.25, 0.3) is 0 Å². The maximum Gasteiger partial charge on any atom is 0.278 e. The molecule has 29 heavy (non-hydrogen) atoms. The standard InChI is InChI=1S/C17H18F3N7O2/c18-10-2-1-9(25-15(29)13-14(22)26-12(28)6-24-13)3-8(10)4-17(16(19)20)7-23-5-11(21)27-17/h1-3,6,16,23H,4-5,7H2,(H2,21,27)(H,25,29)(H3,22,26,28). The number of halogens is 3. The first-order chi connectivity index (χ1) is 13.7. The first-order valence-corrected chi connectivity index (χ1v) is 8.48. The van der Waals surface area contributed by atoms with E-state index in [2.05, 4.69) is 25.6 Å². The lowest BCUT2D eigenvalue weighted by atomic mass is 9.90. The zero-order valence-corrected chi connectivity index (χ0v) is 15.0. The van der Waals surface area contributed by atoms with Crippen LogP contribution in [0.3, 0.4) is 0 Å². The van der Waals surface area contributed by atoms with Gasteiger partial charge in [0.05, 0.1) is 12.7 Å². The van der Waals surface area contributed by atoms with Crippen LogP contribution in [-0.2, 0) is 6.42 Å². The number of hydrogen-bond acceptors (Lipinski definition) is 7. The predicted octanol–water partition coefficient (Wildman–Crippen LogP) is 0.250. The van der Waals surface area contributed by atoms with E-state index in [1.807, 2.05) is 0 Å². The smallest absolute Gasteiger partial charge is 0.278 e. The minimum atomic E-state index is -2.89. The molecule has 1 unspecified atom stereocenters. The highest BCUT2D eigenvalue weighted by atomic mass is 19.3. The minimum Gasteiger partial charge on any atom is -0.386 e. The molecule has 0 bridgehead atoms. The molecule has 2 aromatic rings. The lowest BCUT2D eigenvalue weighted by Gasteiger charge is -2.33. The summed E-state index contributed by atoms with van der Waals surface area (Å²) < 4.78 is 41.8. The molecule has 3 rings (SSSR count). The van der Waals surface area contributed by atoms with Gasteiger partial charge in [-0.1, -0.05) is 0 Å². The van der Waals surface area contributed by atoms with Crippen LogP contribution < -0.4 is 27.7 Å². The number of nitrogens with one attached hydrogen (secondary N) is 3. The zero-order chi connectivity index (χ0) is 21.2. The highest BCUT2D eigenvalue weighted by molar-refractivity contribution is 6.05. The van der Waals surface area contributed by atoms with E-state index >= 15 is 0 Å². The topological polar surface area (TPSA) is 151 Å². The maximum absolute atomic E-state index is 14.3. The molecule has 154 valence electrons. The molecule has 7 N–H and O–H groups in total. The van der Waals surface area contributed by atoms with Gasteiger partial charge in [-0.2, -0.15) is 0 Å². The quantitative estimate of drug-likeness (QED) is 0.478. The number of hydrogen-bond donors (Lipinski definition) is 5. The van der Waals surface area contributed by atoms with Crippen LogP contribution in [0.15, 0.2) is 34.2 Å². The number of benzene rings is 1. The van der Waals surface area contributed by atoms with E-state index in [9.17, 15) is 22.8 Å². The van der Waals surface area contributed by atoms with Crippen LogP contribution in [0.2, 0.25) is 0 Å². The summed E-state index contributed by atoms with van der Waals surface area (Å²) in [4.78, 5) is 33.2. The molecular formula is C17H18F3N7O2. The molecule has 0 saturated carbocycles. The Bertz CT molecular complexity index is 1020. The van der Waals surface area contributed by atoms with Crippen molar-refractivity contribution in [3.8, 4) is 0 Å². The summed E-state index contributed by atoms with van der Waals surface area (Å²) in [5.41, 5.74) is 8.45. The van der Waals surface area contributed by atoms with Crippen molar-refractivity contribution in [2.45, 2.75) is 18.4 Å². The molecule has 1 aromatic carbocycles. The summed E-state index contributed by atoms with van der Waals surface area (Å²) in [6.07, 6.45) is -2.45. The normalized spacial score (nSPS) is 19.1. The molecule has 1 atom stereocenters. The molecule has 9 nitrogen and oxygen atoms in total. The van der Waals surface area contributed by atoms with Crippen LogP contribution in [0.5, 0.6) is 0 Å². The van der Waals surface area contributed by atoms with Crippen LogP contribution in [0, 0.1) is 5.82 Å². The number of aromatic nitrogens is 2. The molecule has 1 aliphatic heterocycles. The van der Waals surface area contributed by atoms with Gasteiger partial charge in [0.25, 0.3) is 17.9 Å². The van der Waals surface area contributed by atoms with Gasteiger partial charge < -0.3 is 27.1 Å². The minimum absolute atomic E-state index is 0.000958. The van der Waals surface area contributed by atoms with Gasteiger partial charge in [0, 0.05) is 18.7 Å². The van der Waals surface area contributed by atoms with Crippen LogP contribution >= 0.6 is 0 Å². The van der Waals surface area contributed by atoms with Crippen molar-refractivity contribution in [2.75, 3.05) is 24.1 Å². The third-order valence-electron chi connectivity index (χ3n) is 4.35. The van der Waals surface area contributed by atoms with E-state index in [-0.39, 0.29) is 41.7 Å². The largest absolute Gasteiger partial charge is 0.386 e. The van der Waals surface area contributed by atoms with Crippen molar-refractivity contribution in [1.29, 1.82) is 0 Å². The molecule has 0 radical (unpaired) electrons. The number of anilines is 2. The maximum atomic E-state index is 14.3. The van der Waals surface area contributed by atoms with E-state index in [1.165, 1.54) is 12.1 Å². The number of H-pyrrole nitrogens is 1. The van der Waals surface area contributed by atoms with Gasteiger partial charge in [0.15, 0.2) is 5.69 Å². The van der Waals surface area contributed by atoms with Crippen molar-refractivity contribution in [3.63, 3.8) is 0 Å². The molecule has 0 fully saturated rings. The van der Waals surface area contributed by atoms with E-state index in [4.69, 9.17) is 11.5 Å². The van der Waals surface area contributed by atoms with E-state index in [0.29, 0.717) is 0 Å². The van der Waals surface area contributed by atoms with Gasteiger partial charge >= 0.3 is 0 Å². The third kappa shape index (κ3) is 4.37. The molecule has 2 heterocycles. The van der Waals surface area contributed by atoms with Gasteiger partial charge in [-0.25, -0.2) is 18.2 Å². The molecule has 12 heteroatoms. The molecule has 1 aliphatic rings. The van der Waals surface area contributed by atoms with Gasteiger partial charge in [0.1, 0.15) is 23.0 Å². The molecular weight excluding hydrogens is 391 g/mol.